The number of aromatic nitrogens is 2. The van der Waals surface area contributed by atoms with Crippen LogP contribution in [0.5, 0.6) is 0 Å². The number of nitrogens with zero attached hydrogens (tertiary/aromatic N) is 2. The molecule has 1 saturated heterocycles. The lowest BCUT2D eigenvalue weighted by Crippen LogP contribution is -2.23. The SMILES string of the molecule is O=C(O)NCCc1cn(S(=O)(=O)c2ccc(C3OCCO3)o2)c(-c2cccnc2F)c1F. The van der Waals surface area contributed by atoms with Crippen molar-refractivity contribution >= 4 is 16.1 Å². The molecule has 10 nitrogen and oxygen atoms in total. The number of amides is 1. The van der Waals surface area contributed by atoms with Crippen LogP contribution < -0.4 is 5.32 Å². The Morgan fingerprint density at radius 1 is 1.25 bits per heavy atom. The van der Waals surface area contributed by atoms with E-state index in [9.17, 15) is 17.6 Å². The maximum Gasteiger partial charge on any atom is 0.404 e. The summed E-state index contributed by atoms with van der Waals surface area (Å²) in [6, 6.07) is 5.01. The van der Waals surface area contributed by atoms with E-state index in [1.165, 1.54) is 18.2 Å². The second kappa shape index (κ2) is 8.68. The van der Waals surface area contributed by atoms with Crippen LogP contribution in [0.3, 0.4) is 0 Å². The fourth-order valence-electron chi connectivity index (χ4n) is 3.20. The van der Waals surface area contributed by atoms with E-state index in [1.807, 2.05) is 0 Å². The average molecular weight is 469 g/mol. The van der Waals surface area contributed by atoms with Gasteiger partial charge in [0.15, 0.2) is 11.6 Å². The Bertz CT molecular complexity index is 1250. The van der Waals surface area contributed by atoms with Crippen LogP contribution in [0.15, 0.2) is 46.2 Å². The molecule has 1 fully saturated rings. The van der Waals surface area contributed by atoms with Crippen molar-refractivity contribution in [2.24, 2.45) is 0 Å². The van der Waals surface area contributed by atoms with Gasteiger partial charge < -0.3 is 24.3 Å². The van der Waals surface area contributed by atoms with Gasteiger partial charge in [-0.05, 0) is 30.7 Å². The molecular formula is C19H17F2N3O7S. The third kappa shape index (κ3) is 4.09. The van der Waals surface area contributed by atoms with Crippen LogP contribution in [0.25, 0.3) is 11.3 Å². The number of rotatable bonds is 7. The Morgan fingerprint density at radius 3 is 2.69 bits per heavy atom. The molecule has 0 aromatic carbocycles. The van der Waals surface area contributed by atoms with Gasteiger partial charge >= 0.3 is 16.1 Å². The highest BCUT2D eigenvalue weighted by molar-refractivity contribution is 7.89. The zero-order valence-corrected chi connectivity index (χ0v) is 17.1. The van der Waals surface area contributed by atoms with E-state index in [1.54, 1.807) is 0 Å². The fourth-order valence-corrected chi connectivity index (χ4v) is 4.52. The standard InChI is InChI=1S/C19H17F2N3O7S/c20-15-11(5-7-23-19(25)26)10-24(16(15)12-2-1-6-22-17(12)21)32(27,28)14-4-3-13(31-14)18-29-8-9-30-18/h1-4,6,10,18,23H,5,7-9H2,(H,25,26). The molecule has 0 saturated carbocycles. The van der Waals surface area contributed by atoms with E-state index in [0.717, 1.165) is 18.5 Å². The molecule has 4 heterocycles. The lowest BCUT2D eigenvalue weighted by atomic mass is 10.1. The van der Waals surface area contributed by atoms with Crippen LogP contribution >= 0.6 is 0 Å². The monoisotopic (exact) mass is 469 g/mol. The van der Waals surface area contributed by atoms with Gasteiger partial charge in [-0.25, -0.2) is 18.1 Å². The molecule has 3 aromatic heterocycles. The molecule has 2 N–H and O–H groups in total. The van der Waals surface area contributed by atoms with Crippen LogP contribution in [0.2, 0.25) is 0 Å². The van der Waals surface area contributed by atoms with Gasteiger partial charge in [-0.15, -0.1) is 0 Å². The normalized spacial score (nSPS) is 14.7. The fraction of sp³-hybridized carbons (Fsp3) is 0.263. The molecular weight excluding hydrogens is 452 g/mol. The predicted molar refractivity (Wildman–Crippen MR) is 103 cm³/mol. The summed E-state index contributed by atoms with van der Waals surface area (Å²) in [5.74, 6) is -2.00. The molecule has 0 aliphatic carbocycles. The number of halogens is 2. The van der Waals surface area contributed by atoms with Crippen LogP contribution in [-0.2, 0) is 25.9 Å². The molecule has 32 heavy (non-hydrogen) atoms. The van der Waals surface area contributed by atoms with E-state index in [-0.39, 0.29) is 29.9 Å². The van der Waals surface area contributed by atoms with Crippen LogP contribution in [0.4, 0.5) is 13.6 Å². The van der Waals surface area contributed by atoms with Gasteiger partial charge in [0.25, 0.3) is 0 Å². The molecule has 1 aliphatic heterocycles. The van der Waals surface area contributed by atoms with E-state index in [4.69, 9.17) is 19.0 Å². The van der Waals surface area contributed by atoms with Gasteiger partial charge in [-0.2, -0.15) is 12.8 Å². The zero-order valence-electron chi connectivity index (χ0n) is 16.3. The molecule has 0 bridgehead atoms. The Balaban J connectivity index is 1.79. The van der Waals surface area contributed by atoms with Gasteiger partial charge in [-0.3, -0.25) is 0 Å². The molecule has 0 spiro atoms. The summed E-state index contributed by atoms with van der Waals surface area (Å²) >= 11 is 0. The molecule has 4 rings (SSSR count). The number of carboxylic acid groups (broad SMARTS) is 1. The quantitative estimate of drug-likeness (QED) is 0.505. The lowest BCUT2D eigenvalue weighted by molar-refractivity contribution is -0.0607. The number of furan rings is 1. The van der Waals surface area contributed by atoms with Crippen LogP contribution in [0, 0.1) is 11.8 Å². The molecule has 3 aromatic rings. The van der Waals surface area contributed by atoms with Crippen molar-refractivity contribution in [2.75, 3.05) is 19.8 Å². The number of ether oxygens (including phenoxy) is 2. The Labute approximate surface area is 180 Å². The second-order valence-electron chi connectivity index (χ2n) is 6.67. The maximum atomic E-state index is 15.3. The first-order valence-corrected chi connectivity index (χ1v) is 10.8. The highest BCUT2D eigenvalue weighted by Gasteiger charge is 2.32. The summed E-state index contributed by atoms with van der Waals surface area (Å²) < 4.78 is 72.7. The third-order valence-corrected chi connectivity index (χ3v) is 6.17. The minimum Gasteiger partial charge on any atom is -0.465 e. The molecule has 0 radical (unpaired) electrons. The first-order chi connectivity index (χ1) is 15.3. The Kier molecular flexibility index (Phi) is 5.95. The first kappa shape index (κ1) is 21.9. The van der Waals surface area contributed by atoms with Crippen molar-refractivity contribution in [3.63, 3.8) is 0 Å². The van der Waals surface area contributed by atoms with E-state index < -0.39 is 45.0 Å². The summed E-state index contributed by atoms with van der Waals surface area (Å²) in [5, 5.41) is 10.2. The van der Waals surface area contributed by atoms with Crippen LogP contribution in [0.1, 0.15) is 17.6 Å². The first-order valence-electron chi connectivity index (χ1n) is 9.35. The number of nitrogens with one attached hydrogen (secondary N) is 1. The summed E-state index contributed by atoms with van der Waals surface area (Å²) in [6.45, 7) is 0.440. The van der Waals surface area contributed by atoms with Crippen molar-refractivity contribution in [3.8, 4) is 11.3 Å². The maximum absolute atomic E-state index is 15.3. The molecule has 170 valence electrons. The van der Waals surface area contributed by atoms with E-state index >= 15 is 4.39 Å². The van der Waals surface area contributed by atoms with Gasteiger partial charge in [0.1, 0.15) is 5.69 Å². The van der Waals surface area contributed by atoms with Gasteiger partial charge in [0, 0.05) is 24.5 Å². The Hall–Kier alpha value is -3.29. The third-order valence-electron chi connectivity index (χ3n) is 4.64. The number of hydrogen-bond donors (Lipinski definition) is 2. The van der Waals surface area contributed by atoms with Crippen LogP contribution in [-0.4, -0.2) is 48.3 Å². The molecule has 0 atom stereocenters. The second-order valence-corrected chi connectivity index (χ2v) is 8.42. The Morgan fingerprint density at radius 2 is 2.00 bits per heavy atom. The number of pyridine rings is 1. The highest BCUT2D eigenvalue weighted by atomic mass is 32.2. The summed E-state index contributed by atoms with van der Waals surface area (Å²) in [7, 11) is -4.52. The zero-order chi connectivity index (χ0) is 22.9. The van der Waals surface area contributed by atoms with Crippen molar-refractivity contribution in [2.45, 2.75) is 17.8 Å². The van der Waals surface area contributed by atoms with Gasteiger partial charge in [0.2, 0.25) is 17.3 Å². The number of hydrogen-bond acceptors (Lipinski definition) is 7. The largest absolute Gasteiger partial charge is 0.465 e. The lowest BCUT2D eigenvalue weighted by Gasteiger charge is -2.09. The van der Waals surface area contributed by atoms with E-state index in [0.29, 0.717) is 17.2 Å². The minimum absolute atomic E-state index is 0.105. The summed E-state index contributed by atoms with van der Waals surface area (Å²) in [5.41, 5.74) is -1.12. The average Bonchev–Trinajstić information content (AvgIpc) is 3.49. The summed E-state index contributed by atoms with van der Waals surface area (Å²) in [4.78, 5) is 14.1. The molecule has 1 amide bonds. The molecule has 13 heteroatoms. The topological polar surface area (TPSA) is 133 Å². The smallest absolute Gasteiger partial charge is 0.404 e. The van der Waals surface area contributed by atoms with Gasteiger partial charge in [0.05, 0.1) is 18.8 Å². The minimum atomic E-state index is -4.52. The highest BCUT2D eigenvalue weighted by Crippen LogP contribution is 2.33. The predicted octanol–water partition coefficient (Wildman–Crippen LogP) is 2.51. The summed E-state index contributed by atoms with van der Waals surface area (Å²) in [6.07, 6.45) is -0.274. The van der Waals surface area contributed by atoms with Crippen molar-refractivity contribution in [1.29, 1.82) is 0 Å². The molecule has 1 aliphatic rings. The van der Waals surface area contributed by atoms with Crippen molar-refractivity contribution < 1.29 is 41.0 Å². The van der Waals surface area contributed by atoms with Gasteiger partial charge in [-0.1, -0.05) is 0 Å². The van der Waals surface area contributed by atoms with Crippen molar-refractivity contribution in [3.05, 3.63) is 59.7 Å². The number of carbonyl (C=O) groups is 1. The van der Waals surface area contributed by atoms with Crippen molar-refractivity contribution in [1.82, 2.24) is 14.3 Å². The molecule has 0 unspecified atom stereocenters. The van der Waals surface area contributed by atoms with E-state index in [2.05, 4.69) is 10.3 Å².